The molecule has 1 unspecified atom stereocenters. The Hall–Kier alpha value is -3.32. The van der Waals surface area contributed by atoms with E-state index >= 15 is 0 Å². The molecule has 1 N–H and O–H groups in total. The number of aryl methyl sites for hydroxylation is 1. The molecule has 4 aromatic rings. The normalized spacial score (nSPS) is 15.7. The summed E-state index contributed by atoms with van der Waals surface area (Å²) in [7, 11) is 0. The summed E-state index contributed by atoms with van der Waals surface area (Å²) in [6, 6.07) is 11.8. The number of aromatic nitrogens is 4. The number of nitrogens with one attached hydrogen (secondary N) is 1. The molecule has 4 heterocycles. The molecule has 32 heavy (non-hydrogen) atoms. The van der Waals surface area contributed by atoms with Crippen LogP contribution in [0.15, 0.2) is 65.7 Å². The number of amides is 1. The van der Waals surface area contributed by atoms with Crippen molar-refractivity contribution in [3.63, 3.8) is 0 Å². The fraction of sp³-hybridized carbons (Fsp3) is 0.200. The smallest absolute Gasteiger partial charge is 0.252 e. The zero-order valence-electron chi connectivity index (χ0n) is 17.4. The van der Waals surface area contributed by atoms with Gasteiger partial charge >= 0.3 is 0 Å². The second-order valence-corrected chi connectivity index (χ2v) is 8.79. The van der Waals surface area contributed by atoms with Gasteiger partial charge in [0.25, 0.3) is 5.91 Å². The third-order valence-electron chi connectivity index (χ3n) is 5.77. The van der Waals surface area contributed by atoms with Gasteiger partial charge in [0.05, 0.1) is 22.8 Å². The average molecular weight is 488 g/mol. The van der Waals surface area contributed by atoms with E-state index in [0.717, 1.165) is 51.7 Å². The van der Waals surface area contributed by atoms with E-state index in [2.05, 4.69) is 35.8 Å². The third-order valence-corrected chi connectivity index (χ3v) is 6.26. The van der Waals surface area contributed by atoms with Gasteiger partial charge in [-0.05, 0) is 60.9 Å². The lowest BCUT2D eigenvalue weighted by molar-refractivity contribution is 0.0947. The summed E-state index contributed by atoms with van der Waals surface area (Å²) in [5.74, 6) is 0.999. The highest BCUT2D eigenvalue weighted by molar-refractivity contribution is 9.10. The van der Waals surface area contributed by atoms with E-state index in [-0.39, 0.29) is 11.9 Å². The molecule has 1 aliphatic heterocycles. The molecule has 0 saturated heterocycles. The lowest BCUT2D eigenvalue weighted by Gasteiger charge is -2.25. The molecular weight excluding hydrogens is 466 g/mol. The maximum absolute atomic E-state index is 13.3. The lowest BCUT2D eigenvalue weighted by Crippen LogP contribution is -2.33. The molecule has 0 aliphatic carbocycles. The van der Waals surface area contributed by atoms with Crippen molar-refractivity contribution in [1.29, 1.82) is 0 Å². The molecule has 1 atom stereocenters. The van der Waals surface area contributed by atoms with Crippen molar-refractivity contribution in [3.05, 3.63) is 88.3 Å². The van der Waals surface area contributed by atoms with Gasteiger partial charge in [-0.2, -0.15) is 0 Å². The first-order valence-corrected chi connectivity index (χ1v) is 11.4. The van der Waals surface area contributed by atoms with Gasteiger partial charge in [-0.1, -0.05) is 22.0 Å². The van der Waals surface area contributed by atoms with Crippen LogP contribution in [0.1, 0.15) is 46.3 Å². The zero-order valence-corrected chi connectivity index (χ0v) is 19.0. The molecule has 0 radical (unpaired) electrons. The second-order valence-electron chi connectivity index (χ2n) is 7.88. The first-order valence-electron chi connectivity index (χ1n) is 10.7. The number of rotatable bonds is 5. The Morgan fingerprint density at radius 2 is 2.03 bits per heavy atom. The van der Waals surface area contributed by atoms with Crippen molar-refractivity contribution in [2.24, 2.45) is 0 Å². The molecule has 0 fully saturated rings. The number of carbonyl (C=O) groups excluding carboxylic acids is 1. The van der Waals surface area contributed by atoms with Gasteiger partial charge in [-0.3, -0.25) is 9.78 Å². The zero-order chi connectivity index (χ0) is 21.9. The van der Waals surface area contributed by atoms with Crippen molar-refractivity contribution in [3.8, 4) is 0 Å². The third kappa shape index (κ3) is 4.34. The number of hydrogen-bond acceptors (Lipinski definition) is 4. The van der Waals surface area contributed by atoms with Crippen LogP contribution in [-0.2, 0) is 6.42 Å². The fourth-order valence-corrected chi connectivity index (χ4v) is 4.52. The van der Waals surface area contributed by atoms with Crippen LogP contribution in [0.5, 0.6) is 0 Å². The first-order chi connectivity index (χ1) is 15.7. The van der Waals surface area contributed by atoms with Crippen LogP contribution < -0.4 is 5.32 Å². The van der Waals surface area contributed by atoms with Crippen LogP contribution in [0.4, 0.5) is 0 Å². The predicted molar refractivity (Wildman–Crippen MR) is 129 cm³/mol. The summed E-state index contributed by atoms with van der Waals surface area (Å²) in [4.78, 5) is 26.5. The Balaban J connectivity index is 1.43. The van der Waals surface area contributed by atoms with Crippen LogP contribution in [0, 0.1) is 0 Å². The van der Waals surface area contributed by atoms with Gasteiger partial charge in [0.2, 0.25) is 0 Å². The monoisotopic (exact) mass is 487 g/mol. The lowest BCUT2D eigenvalue weighted by atomic mass is 10.0. The number of carbonyl (C=O) groups is 1. The van der Waals surface area contributed by atoms with Gasteiger partial charge in [0.15, 0.2) is 0 Å². The Kier molecular flexibility index (Phi) is 5.81. The van der Waals surface area contributed by atoms with Gasteiger partial charge in [0, 0.05) is 47.6 Å². The molecule has 1 amide bonds. The highest BCUT2D eigenvalue weighted by Crippen LogP contribution is 2.25. The number of imidazole rings is 1. The van der Waals surface area contributed by atoms with Crippen LogP contribution in [0.2, 0.25) is 0 Å². The van der Waals surface area contributed by atoms with E-state index in [1.54, 1.807) is 12.4 Å². The van der Waals surface area contributed by atoms with E-state index in [1.807, 2.05) is 60.9 Å². The van der Waals surface area contributed by atoms with Crippen LogP contribution >= 0.6 is 15.9 Å². The number of pyridine rings is 2. The summed E-state index contributed by atoms with van der Waals surface area (Å²) in [6.45, 7) is 0.572. The van der Waals surface area contributed by atoms with E-state index in [0.29, 0.717) is 12.1 Å². The minimum atomic E-state index is -0.0960. The molecule has 3 aromatic heterocycles. The molecule has 5 rings (SSSR count). The minimum Gasteiger partial charge on any atom is -0.350 e. The molecule has 0 saturated carbocycles. The summed E-state index contributed by atoms with van der Waals surface area (Å²) in [5, 5.41) is 3.97. The summed E-state index contributed by atoms with van der Waals surface area (Å²) < 4.78 is 3.10. The van der Waals surface area contributed by atoms with E-state index in [9.17, 15) is 4.79 Å². The highest BCUT2D eigenvalue weighted by atomic mass is 79.9. The van der Waals surface area contributed by atoms with Crippen LogP contribution in [-0.4, -0.2) is 32.0 Å². The van der Waals surface area contributed by atoms with Gasteiger partial charge < -0.3 is 9.88 Å². The second kappa shape index (κ2) is 9.04. The number of benzene rings is 1. The number of halogens is 1. The first kappa shape index (κ1) is 20.6. The molecular formula is C25H22BrN5O. The van der Waals surface area contributed by atoms with Crippen LogP contribution in [0.25, 0.3) is 23.1 Å². The minimum absolute atomic E-state index is 0.0960. The highest BCUT2D eigenvalue weighted by Gasteiger charge is 2.21. The Morgan fingerprint density at radius 1 is 1.16 bits per heavy atom. The molecule has 7 heteroatoms. The molecule has 6 nitrogen and oxygen atoms in total. The van der Waals surface area contributed by atoms with Crippen molar-refractivity contribution in [2.75, 3.05) is 6.54 Å². The molecule has 160 valence electrons. The standard InChI is InChI=1S/C25H22BrN5O/c26-18-5-7-23-21(14-18)22(15-19(30-23)6-4-17-8-10-27-11-9-17)25(32)29-16-20-2-1-3-24-28-12-13-31(20)24/h4-15,20H,1-3,16H2,(H,29,32)/b6-4+. The largest absolute Gasteiger partial charge is 0.350 e. The quantitative estimate of drug-likeness (QED) is 0.426. The predicted octanol–water partition coefficient (Wildman–Crippen LogP) is 5.07. The van der Waals surface area contributed by atoms with Crippen molar-refractivity contribution in [1.82, 2.24) is 24.8 Å². The van der Waals surface area contributed by atoms with Gasteiger partial charge in [-0.15, -0.1) is 0 Å². The Labute approximate surface area is 194 Å². The molecule has 0 spiro atoms. The summed E-state index contributed by atoms with van der Waals surface area (Å²) in [6.07, 6.45) is 14.4. The van der Waals surface area contributed by atoms with Crippen molar-refractivity contribution in [2.45, 2.75) is 25.3 Å². The van der Waals surface area contributed by atoms with E-state index < -0.39 is 0 Å². The Bertz CT molecular complexity index is 1300. The molecule has 0 bridgehead atoms. The SMILES string of the molecule is O=C(NCC1CCCc2nccn21)c1cc(/C=C/c2ccncc2)nc2ccc(Br)cc12. The van der Waals surface area contributed by atoms with E-state index in [1.165, 1.54) is 0 Å². The van der Waals surface area contributed by atoms with Gasteiger partial charge in [0.1, 0.15) is 5.82 Å². The number of nitrogens with zero attached hydrogens (tertiary/aromatic N) is 4. The maximum Gasteiger partial charge on any atom is 0.252 e. The van der Waals surface area contributed by atoms with Crippen molar-refractivity contribution < 1.29 is 4.79 Å². The summed E-state index contributed by atoms with van der Waals surface area (Å²) in [5.41, 5.74) is 3.16. The number of hydrogen-bond donors (Lipinski definition) is 1. The van der Waals surface area contributed by atoms with E-state index in [4.69, 9.17) is 4.98 Å². The fourth-order valence-electron chi connectivity index (χ4n) is 4.16. The molecule has 1 aromatic carbocycles. The summed E-state index contributed by atoms with van der Waals surface area (Å²) >= 11 is 3.52. The maximum atomic E-state index is 13.3. The Morgan fingerprint density at radius 3 is 2.91 bits per heavy atom. The van der Waals surface area contributed by atoms with Gasteiger partial charge in [-0.25, -0.2) is 9.97 Å². The number of fused-ring (bicyclic) bond motifs is 2. The van der Waals surface area contributed by atoms with Crippen LogP contribution in [0.3, 0.4) is 0 Å². The topological polar surface area (TPSA) is 72.7 Å². The van der Waals surface area contributed by atoms with Crippen molar-refractivity contribution >= 4 is 44.9 Å². The molecule has 1 aliphatic rings. The average Bonchev–Trinajstić information content (AvgIpc) is 3.31.